The Balaban J connectivity index is 1.77. The zero-order valence-corrected chi connectivity index (χ0v) is 10.9. The summed E-state index contributed by atoms with van der Waals surface area (Å²) in [4.78, 5) is 2.61. The van der Waals surface area contributed by atoms with Gasteiger partial charge in [-0.1, -0.05) is 0 Å². The zero-order chi connectivity index (χ0) is 12.0. The molecule has 94 valence electrons. The molecular formula is C14H22N2O. The van der Waals surface area contributed by atoms with Crippen LogP contribution in [0.25, 0.3) is 0 Å². The largest absolute Gasteiger partial charge is 0.465 e. The fraction of sp³-hybridized carbons (Fsp3) is 0.714. The predicted octanol–water partition coefficient (Wildman–Crippen LogP) is 2.19. The standard InChI is InChI=1S/C14H22N2O/c1-9-4-5-14(17-9)11(3)16-8-12-6-15-7-13(12)10(16)2/h4-5,10-13,15H,6-8H2,1-3H3. The van der Waals surface area contributed by atoms with E-state index in [4.69, 9.17) is 4.42 Å². The maximum Gasteiger partial charge on any atom is 0.121 e. The van der Waals surface area contributed by atoms with E-state index in [0.717, 1.165) is 23.4 Å². The normalized spacial score (nSPS) is 35.1. The minimum Gasteiger partial charge on any atom is -0.465 e. The molecule has 0 radical (unpaired) electrons. The van der Waals surface area contributed by atoms with Crippen molar-refractivity contribution in [3.8, 4) is 0 Å². The van der Waals surface area contributed by atoms with Crippen LogP contribution in [0.15, 0.2) is 16.5 Å². The number of furan rings is 1. The van der Waals surface area contributed by atoms with E-state index in [1.54, 1.807) is 0 Å². The van der Waals surface area contributed by atoms with Gasteiger partial charge in [-0.05, 0) is 57.8 Å². The summed E-state index contributed by atoms with van der Waals surface area (Å²) in [5, 5.41) is 3.51. The van der Waals surface area contributed by atoms with E-state index in [-0.39, 0.29) is 0 Å². The molecule has 1 aromatic rings. The summed E-state index contributed by atoms with van der Waals surface area (Å²) < 4.78 is 5.77. The molecule has 0 aliphatic carbocycles. The van der Waals surface area contributed by atoms with E-state index in [0.29, 0.717) is 12.1 Å². The van der Waals surface area contributed by atoms with Crippen molar-refractivity contribution < 1.29 is 4.42 Å². The molecule has 17 heavy (non-hydrogen) atoms. The van der Waals surface area contributed by atoms with Crippen molar-refractivity contribution >= 4 is 0 Å². The van der Waals surface area contributed by atoms with Crippen molar-refractivity contribution in [3.05, 3.63) is 23.7 Å². The van der Waals surface area contributed by atoms with Crippen LogP contribution in [0.3, 0.4) is 0 Å². The van der Waals surface area contributed by atoms with Crippen molar-refractivity contribution in [2.24, 2.45) is 11.8 Å². The van der Waals surface area contributed by atoms with Crippen LogP contribution in [0.2, 0.25) is 0 Å². The van der Waals surface area contributed by atoms with E-state index in [9.17, 15) is 0 Å². The van der Waals surface area contributed by atoms with Gasteiger partial charge in [0.25, 0.3) is 0 Å². The summed E-state index contributed by atoms with van der Waals surface area (Å²) in [5.74, 6) is 3.79. The maximum absolute atomic E-state index is 5.77. The summed E-state index contributed by atoms with van der Waals surface area (Å²) in [7, 11) is 0. The SMILES string of the molecule is Cc1ccc(C(C)N2CC3CNCC3C2C)o1. The molecule has 4 atom stereocenters. The van der Waals surface area contributed by atoms with Crippen LogP contribution in [-0.2, 0) is 0 Å². The van der Waals surface area contributed by atoms with Crippen molar-refractivity contribution in [2.75, 3.05) is 19.6 Å². The molecule has 0 spiro atoms. The van der Waals surface area contributed by atoms with Gasteiger partial charge in [0.05, 0.1) is 6.04 Å². The first-order valence-electron chi connectivity index (χ1n) is 6.69. The third kappa shape index (κ3) is 1.81. The summed E-state index contributed by atoms with van der Waals surface area (Å²) >= 11 is 0. The molecular weight excluding hydrogens is 212 g/mol. The van der Waals surface area contributed by atoms with Gasteiger partial charge in [-0.15, -0.1) is 0 Å². The lowest BCUT2D eigenvalue weighted by Gasteiger charge is -2.29. The average Bonchev–Trinajstić information content (AvgIpc) is 2.96. The number of rotatable bonds is 2. The molecule has 2 aliphatic heterocycles. The van der Waals surface area contributed by atoms with Crippen molar-refractivity contribution in [2.45, 2.75) is 32.9 Å². The highest BCUT2D eigenvalue weighted by molar-refractivity contribution is 5.11. The number of hydrogen-bond acceptors (Lipinski definition) is 3. The second kappa shape index (κ2) is 4.14. The van der Waals surface area contributed by atoms with Crippen LogP contribution in [-0.4, -0.2) is 30.6 Å². The number of likely N-dealkylation sites (tertiary alicyclic amines) is 1. The first-order valence-corrected chi connectivity index (χ1v) is 6.69. The van der Waals surface area contributed by atoms with Crippen LogP contribution < -0.4 is 5.32 Å². The molecule has 0 aromatic carbocycles. The van der Waals surface area contributed by atoms with Crippen LogP contribution in [0.4, 0.5) is 0 Å². The highest BCUT2D eigenvalue weighted by Gasteiger charge is 2.43. The number of aryl methyl sites for hydroxylation is 1. The average molecular weight is 234 g/mol. The minimum atomic E-state index is 0.407. The Morgan fingerprint density at radius 2 is 2.24 bits per heavy atom. The molecule has 2 aliphatic rings. The molecule has 0 amide bonds. The molecule has 0 bridgehead atoms. The highest BCUT2D eigenvalue weighted by Crippen LogP contribution is 2.37. The second-order valence-corrected chi connectivity index (χ2v) is 5.64. The second-order valence-electron chi connectivity index (χ2n) is 5.64. The van der Waals surface area contributed by atoms with E-state index in [1.165, 1.54) is 19.6 Å². The van der Waals surface area contributed by atoms with E-state index in [1.807, 2.05) is 6.92 Å². The van der Waals surface area contributed by atoms with Gasteiger partial charge in [-0.2, -0.15) is 0 Å². The summed E-state index contributed by atoms with van der Waals surface area (Å²) in [6, 6.07) is 5.26. The molecule has 0 saturated carbocycles. The lowest BCUT2D eigenvalue weighted by Crippen LogP contribution is -2.35. The Morgan fingerprint density at radius 1 is 1.41 bits per heavy atom. The van der Waals surface area contributed by atoms with Crippen LogP contribution in [0, 0.1) is 18.8 Å². The lowest BCUT2D eigenvalue weighted by atomic mass is 9.95. The molecule has 3 heterocycles. The topological polar surface area (TPSA) is 28.4 Å². The van der Waals surface area contributed by atoms with Gasteiger partial charge in [0, 0.05) is 12.6 Å². The molecule has 1 aromatic heterocycles. The number of nitrogens with one attached hydrogen (secondary N) is 1. The zero-order valence-electron chi connectivity index (χ0n) is 10.9. The van der Waals surface area contributed by atoms with Gasteiger partial charge >= 0.3 is 0 Å². The third-order valence-corrected chi connectivity index (χ3v) is 4.65. The number of fused-ring (bicyclic) bond motifs is 1. The van der Waals surface area contributed by atoms with Gasteiger partial charge in [-0.3, -0.25) is 4.90 Å². The Morgan fingerprint density at radius 3 is 2.88 bits per heavy atom. The van der Waals surface area contributed by atoms with Gasteiger partial charge < -0.3 is 9.73 Å². The molecule has 2 saturated heterocycles. The predicted molar refractivity (Wildman–Crippen MR) is 67.9 cm³/mol. The lowest BCUT2D eigenvalue weighted by molar-refractivity contribution is 0.162. The Bertz CT molecular complexity index is 401. The van der Waals surface area contributed by atoms with Gasteiger partial charge in [0.15, 0.2) is 0 Å². The van der Waals surface area contributed by atoms with Gasteiger partial charge in [0.2, 0.25) is 0 Å². The molecule has 3 nitrogen and oxygen atoms in total. The smallest absolute Gasteiger partial charge is 0.121 e. The summed E-state index contributed by atoms with van der Waals surface area (Å²) in [6.45, 7) is 10.2. The first kappa shape index (κ1) is 11.3. The Hall–Kier alpha value is -0.800. The summed E-state index contributed by atoms with van der Waals surface area (Å²) in [6.07, 6.45) is 0. The molecule has 1 N–H and O–H groups in total. The third-order valence-electron chi connectivity index (χ3n) is 4.65. The highest BCUT2D eigenvalue weighted by atomic mass is 16.3. The molecule has 3 heteroatoms. The Kier molecular flexibility index (Phi) is 2.75. The minimum absolute atomic E-state index is 0.407. The van der Waals surface area contributed by atoms with E-state index < -0.39 is 0 Å². The van der Waals surface area contributed by atoms with Crippen LogP contribution in [0.1, 0.15) is 31.4 Å². The summed E-state index contributed by atoms with van der Waals surface area (Å²) in [5.41, 5.74) is 0. The van der Waals surface area contributed by atoms with Crippen molar-refractivity contribution in [1.82, 2.24) is 10.2 Å². The fourth-order valence-corrected chi connectivity index (χ4v) is 3.55. The van der Waals surface area contributed by atoms with Crippen LogP contribution >= 0.6 is 0 Å². The molecule has 4 unspecified atom stereocenters. The van der Waals surface area contributed by atoms with Gasteiger partial charge in [0.1, 0.15) is 11.5 Å². The molecule has 2 fully saturated rings. The Labute approximate surface area is 103 Å². The molecule has 3 rings (SSSR count). The van der Waals surface area contributed by atoms with Crippen LogP contribution in [0.5, 0.6) is 0 Å². The van der Waals surface area contributed by atoms with E-state index >= 15 is 0 Å². The fourth-order valence-electron chi connectivity index (χ4n) is 3.55. The van der Waals surface area contributed by atoms with E-state index in [2.05, 4.69) is 36.2 Å². The number of hydrogen-bond donors (Lipinski definition) is 1. The van der Waals surface area contributed by atoms with Crippen molar-refractivity contribution in [1.29, 1.82) is 0 Å². The van der Waals surface area contributed by atoms with Gasteiger partial charge in [-0.25, -0.2) is 0 Å². The quantitative estimate of drug-likeness (QED) is 0.850. The maximum atomic E-state index is 5.77. The number of nitrogens with zero attached hydrogens (tertiary/aromatic N) is 1. The monoisotopic (exact) mass is 234 g/mol. The first-order chi connectivity index (χ1) is 8.16. The van der Waals surface area contributed by atoms with Crippen molar-refractivity contribution in [3.63, 3.8) is 0 Å².